The predicted molar refractivity (Wildman–Crippen MR) is 56.7 cm³/mol. The molecule has 1 aromatic heterocycles. The molecule has 0 spiro atoms. The summed E-state index contributed by atoms with van der Waals surface area (Å²) >= 11 is 0. The Labute approximate surface area is 81.2 Å². The molecule has 1 aromatic carbocycles. The van der Waals surface area contributed by atoms with Gasteiger partial charge in [0, 0.05) is 17.1 Å². The molecule has 70 valence electrons. The van der Waals surface area contributed by atoms with Crippen molar-refractivity contribution in [3.8, 4) is 0 Å². The zero-order chi connectivity index (χ0) is 9.97. The Balaban J connectivity index is 2.77. The third kappa shape index (κ3) is 1.26. The van der Waals surface area contributed by atoms with E-state index < -0.39 is 0 Å². The number of pyridine rings is 1. The molecule has 0 unspecified atom stereocenters. The van der Waals surface area contributed by atoms with Crippen LogP contribution < -0.4 is 11.6 Å². The lowest BCUT2D eigenvalue weighted by atomic mass is 10.1. The molecule has 2 aromatic rings. The predicted octanol–water partition coefficient (Wildman–Crippen LogP) is 0.814. The second-order valence-electron chi connectivity index (χ2n) is 2.89. The molecule has 0 aliphatic carbocycles. The van der Waals surface area contributed by atoms with E-state index in [1.807, 2.05) is 24.3 Å². The highest BCUT2D eigenvalue weighted by Gasteiger charge is 2.03. The van der Waals surface area contributed by atoms with Gasteiger partial charge < -0.3 is 11.6 Å². The number of para-hydroxylation sites is 1. The SMILES string of the molecule is N/N=C(/N)c1ccnc2ccccc12. The molecule has 0 bridgehead atoms. The van der Waals surface area contributed by atoms with Crippen molar-refractivity contribution >= 4 is 16.7 Å². The molecule has 0 aliphatic heterocycles. The van der Waals surface area contributed by atoms with E-state index in [0.29, 0.717) is 5.84 Å². The number of amidine groups is 1. The summed E-state index contributed by atoms with van der Waals surface area (Å²) < 4.78 is 0. The van der Waals surface area contributed by atoms with Crippen LogP contribution in [0.1, 0.15) is 5.56 Å². The smallest absolute Gasteiger partial charge is 0.151 e. The first kappa shape index (κ1) is 8.50. The number of nitrogens with two attached hydrogens (primary N) is 2. The Morgan fingerprint density at radius 2 is 2.00 bits per heavy atom. The van der Waals surface area contributed by atoms with Gasteiger partial charge in [0.25, 0.3) is 0 Å². The van der Waals surface area contributed by atoms with E-state index in [1.54, 1.807) is 12.3 Å². The largest absolute Gasteiger partial charge is 0.382 e. The average molecular weight is 186 g/mol. The van der Waals surface area contributed by atoms with Gasteiger partial charge in [-0.1, -0.05) is 18.2 Å². The lowest BCUT2D eigenvalue weighted by Crippen LogP contribution is -2.15. The van der Waals surface area contributed by atoms with E-state index in [1.165, 1.54) is 0 Å². The van der Waals surface area contributed by atoms with Crippen LogP contribution >= 0.6 is 0 Å². The van der Waals surface area contributed by atoms with Crippen molar-refractivity contribution in [2.45, 2.75) is 0 Å². The Morgan fingerprint density at radius 3 is 2.79 bits per heavy atom. The first-order valence-electron chi connectivity index (χ1n) is 4.20. The lowest BCUT2D eigenvalue weighted by Gasteiger charge is -2.03. The number of aromatic nitrogens is 1. The van der Waals surface area contributed by atoms with Crippen molar-refractivity contribution < 1.29 is 0 Å². The Morgan fingerprint density at radius 1 is 1.21 bits per heavy atom. The standard InChI is InChI=1S/C10H10N4/c11-10(14-12)8-5-6-13-9-4-2-1-3-7(8)9/h1-6H,12H2,(H2,11,14). The molecule has 0 saturated carbocycles. The molecule has 4 heteroatoms. The third-order valence-electron chi connectivity index (χ3n) is 2.06. The fourth-order valence-electron chi connectivity index (χ4n) is 1.39. The van der Waals surface area contributed by atoms with Gasteiger partial charge in [-0.15, -0.1) is 0 Å². The summed E-state index contributed by atoms with van der Waals surface area (Å²) in [6, 6.07) is 9.51. The monoisotopic (exact) mass is 186 g/mol. The third-order valence-corrected chi connectivity index (χ3v) is 2.06. The van der Waals surface area contributed by atoms with Crippen LogP contribution in [0, 0.1) is 0 Å². The summed E-state index contributed by atoms with van der Waals surface area (Å²) in [6.45, 7) is 0. The van der Waals surface area contributed by atoms with Crippen molar-refractivity contribution in [2.24, 2.45) is 16.7 Å². The molecule has 2 rings (SSSR count). The minimum absolute atomic E-state index is 0.323. The second kappa shape index (κ2) is 3.33. The van der Waals surface area contributed by atoms with Crippen LogP contribution in [0.3, 0.4) is 0 Å². The molecular weight excluding hydrogens is 176 g/mol. The van der Waals surface area contributed by atoms with Crippen LogP contribution in [0.4, 0.5) is 0 Å². The molecule has 0 radical (unpaired) electrons. The van der Waals surface area contributed by atoms with Crippen LogP contribution in [0.2, 0.25) is 0 Å². The maximum atomic E-state index is 5.66. The molecule has 0 saturated heterocycles. The van der Waals surface area contributed by atoms with Gasteiger partial charge in [0.15, 0.2) is 5.84 Å². The fourth-order valence-corrected chi connectivity index (χ4v) is 1.39. The summed E-state index contributed by atoms with van der Waals surface area (Å²) in [5, 5.41) is 4.44. The molecule has 0 atom stereocenters. The highest BCUT2D eigenvalue weighted by molar-refractivity contribution is 6.07. The summed E-state index contributed by atoms with van der Waals surface area (Å²) in [5.41, 5.74) is 7.36. The van der Waals surface area contributed by atoms with Gasteiger partial charge in [-0.05, 0) is 12.1 Å². The maximum absolute atomic E-state index is 5.66. The van der Waals surface area contributed by atoms with Crippen LogP contribution in [-0.2, 0) is 0 Å². The van der Waals surface area contributed by atoms with Gasteiger partial charge in [-0.25, -0.2) is 0 Å². The Hall–Kier alpha value is -2.10. The van der Waals surface area contributed by atoms with Crippen molar-refractivity contribution in [3.05, 3.63) is 42.1 Å². The first-order valence-corrected chi connectivity index (χ1v) is 4.20. The van der Waals surface area contributed by atoms with Crippen LogP contribution in [-0.4, -0.2) is 10.8 Å². The molecule has 4 nitrogen and oxygen atoms in total. The van der Waals surface area contributed by atoms with Crippen molar-refractivity contribution in [1.82, 2.24) is 4.98 Å². The quantitative estimate of drug-likeness (QED) is 0.299. The van der Waals surface area contributed by atoms with Crippen LogP contribution in [0.15, 0.2) is 41.6 Å². The molecule has 0 amide bonds. The first-order chi connectivity index (χ1) is 6.83. The Bertz CT molecular complexity index is 485. The normalized spacial score (nSPS) is 11.9. The van der Waals surface area contributed by atoms with E-state index in [-0.39, 0.29) is 0 Å². The van der Waals surface area contributed by atoms with Gasteiger partial charge in [0.1, 0.15) is 0 Å². The molecule has 1 heterocycles. The van der Waals surface area contributed by atoms with Crippen LogP contribution in [0.25, 0.3) is 10.9 Å². The number of hydrazone groups is 1. The number of nitrogens with zero attached hydrogens (tertiary/aromatic N) is 2. The van der Waals surface area contributed by atoms with E-state index in [9.17, 15) is 0 Å². The van der Waals surface area contributed by atoms with E-state index in [0.717, 1.165) is 16.5 Å². The molecule has 0 aliphatic rings. The van der Waals surface area contributed by atoms with Gasteiger partial charge >= 0.3 is 0 Å². The second-order valence-corrected chi connectivity index (χ2v) is 2.89. The molecular formula is C10H10N4. The number of hydrogen-bond donors (Lipinski definition) is 2. The summed E-state index contributed by atoms with van der Waals surface area (Å²) in [6.07, 6.45) is 1.69. The van der Waals surface area contributed by atoms with Crippen molar-refractivity contribution in [2.75, 3.05) is 0 Å². The molecule has 4 N–H and O–H groups in total. The summed E-state index contributed by atoms with van der Waals surface area (Å²) in [7, 11) is 0. The molecule has 0 fully saturated rings. The van der Waals surface area contributed by atoms with Crippen molar-refractivity contribution in [3.63, 3.8) is 0 Å². The minimum atomic E-state index is 0.323. The highest BCUT2D eigenvalue weighted by Crippen LogP contribution is 2.15. The topological polar surface area (TPSA) is 77.3 Å². The number of fused-ring (bicyclic) bond motifs is 1. The van der Waals surface area contributed by atoms with E-state index in [2.05, 4.69) is 10.1 Å². The van der Waals surface area contributed by atoms with Crippen LogP contribution in [0.5, 0.6) is 0 Å². The van der Waals surface area contributed by atoms with E-state index in [4.69, 9.17) is 11.6 Å². The van der Waals surface area contributed by atoms with Gasteiger partial charge in [0.2, 0.25) is 0 Å². The zero-order valence-corrected chi connectivity index (χ0v) is 7.51. The van der Waals surface area contributed by atoms with Crippen molar-refractivity contribution in [1.29, 1.82) is 0 Å². The highest BCUT2D eigenvalue weighted by atomic mass is 15.2. The van der Waals surface area contributed by atoms with Gasteiger partial charge in [-0.2, -0.15) is 5.10 Å². The number of rotatable bonds is 1. The average Bonchev–Trinajstić information content (AvgIpc) is 2.27. The minimum Gasteiger partial charge on any atom is -0.382 e. The maximum Gasteiger partial charge on any atom is 0.151 e. The van der Waals surface area contributed by atoms with Gasteiger partial charge in [-0.3, -0.25) is 4.98 Å². The van der Waals surface area contributed by atoms with E-state index >= 15 is 0 Å². The number of hydrogen-bond acceptors (Lipinski definition) is 3. The zero-order valence-electron chi connectivity index (χ0n) is 7.51. The van der Waals surface area contributed by atoms with Gasteiger partial charge in [0.05, 0.1) is 5.52 Å². The lowest BCUT2D eigenvalue weighted by molar-refractivity contribution is 1.23. The molecule has 14 heavy (non-hydrogen) atoms. The Kier molecular flexibility index (Phi) is 2.02. The summed E-state index contributed by atoms with van der Waals surface area (Å²) in [5.74, 6) is 5.46. The summed E-state index contributed by atoms with van der Waals surface area (Å²) in [4.78, 5) is 4.21. The number of benzene rings is 1. The fraction of sp³-hybridized carbons (Fsp3) is 0.